The summed E-state index contributed by atoms with van der Waals surface area (Å²) < 4.78 is 5.27. The fraction of sp³-hybridized carbons (Fsp3) is 0.167. The van der Waals surface area contributed by atoms with E-state index >= 15 is 0 Å². The lowest BCUT2D eigenvalue weighted by Gasteiger charge is -2.30. The van der Waals surface area contributed by atoms with Crippen LogP contribution < -0.4 is 20.7 Å². The molecule has 1 aliphatic rings. The zero-order valence-electron chi connectivity index (χ0n) is 16.7. The molecule has 0 aliphatic carbocycles. The number of fused-ring (bicyclic) bond motifs is 1. The molecule has 0 atom stereocenters. The van der Waals surface area contributed by atoms with E-state index in [-0.39, 0.29) is 5.91 Å². The zero-order valence-corrected chi connectivity index (χ0v) is 16.7. The van der Waals surface area contributed by atoms with E-state index in [1.807, 2.05) is 12.1 Å². The monoisotopic (exact) mass is 401 g/mol. The first kappa shape index (κ1) is 19.5. The van der Waals surface area contributed by atoms with Gasteiger partial charge in [-0.15, -0.1) is 0 Å². The van der Waals surface area contributed by atoms with E-state index in [0.29, 0.717) is 22.6 Å². The largest absolute Gasteiger partial charge is 0.495 e. The van der Waals surface area contributed by atoms with Gasteiger partial charge < -0.3 is 20.7 Å². The van der Waals surface area contributed by atoms with E-state index in [9.17, 15) is 9.59 Å². The Kier molecular flexibility index (Phi) is 5.39. The summed E-state index contributed by atoms with van der Waals surface area (Å²) in [6.45, 7) is 1.80. The van der Waals surface area contributed by atoms with Crippen LogP contribution in [0.5, 0.6) is 5.75 Å². The number of hydrogen-bond acceptors (Lipinski definition) is 4. The van der Waals surface area contributed by atoms with Crippen LogP contribution in [0.3, 0.4) is 0 Å². The molecule has 1 heterocycles. The first-order valence-electron chi connectivity index (χ1n) is 9.76. The number of amides is 2. The lowest BCUT2D eigenvalue weighted by Crippen LogP contribution is -2.30. The van der Waals surface area contributed by atoms with E-state index in [2.05, 4.69) is 34.5 Å². The molecule has 2 amide bonds. The normalized spacial score (nSPS) is 12.8. The van der Waals surface area contributed by atoms with Gasteiger partial charge in [0.2, 0.25) is 5.91 Å². The van der Waals surface area contributed by atoms with Gasteiger partial charge in [-0.05, 0) is 60.0 Å². The van der Waals surface area contributed by atoms with Crippen molar-refractivity contribution in [3.8, 4) is 5.75 Å². The summed E-state index contributed by atoms with van der Waals surface area (Å²) in [5.41, 5.74) is 10.4. The minimum Gasteiger partial charge on any atom is -0.495 e. The zero-order chi connectivity index (χ0) is 21.1. The standard InChI is InChI=1S/C24H23N3O3/c1-30-22-11-8-18(23(25)28)14-21(22)26-24(29)17-6-9-20(10-7-17)27-13-12-16-4-2-3-5-19(16)15-27/h2-11,14H,12-13,15H2,1H3,(H2,25,28)(H,26,29). The van der Waals surface area contributed by atoms with Crippen LogP contribution in [0.2, 0.25) is 0 Å². The second-order valence-electron chi connectivity index (χ2n) is 7.22. The van der Waals surface area contributed by atoms with Crippen molar-refractivity contribution in [1.29, 1.82) is 0 Å². The molecule has 0 saturated heterocycles. The third kappa shape index (κ3) is 3.98. The van der Waals surface area contributed by atoms with Crippen LogP contribution in [0.25, 0.3) is 0 Å². The fourth-order valence-corrected chi connectivity index (χ4v) is 3.69. The van der Waals surface area contributed by atoms with Gasteiger partial charge >= 0.3 is 0 Å². The Bertz CT molecular complexity index is 1090. The molecule has 0 spiro atoms. The van der Waals surface area contributed by atoms with Crippen molar-refractivity contribution in [3.63, 3.8) is 0 Å². The average Bonchev–Trinajstić information content (AvgIpc) is 2.78. The summed E-state index contributed by atoms with van der Waals surface area (Å²) >= 11 is 0. The third-order valence-corrected chi connectivity index (χ3v) is 5.36. The predicted octanol–water partition coefficient (Wildman–Crippen LogP) is 3.61. The summed E-state index contributed by atoms with van der Waals surface area (Å²) in [6.07, 6.45) is 1.01. The number of anilines is 2. The summed E-state index contributed by atoms with van der Waals surface area (Å²) in [4.78, 5) is 26.5. The van der Waals surface area contributed by atoms with Gasteiger partial charge in [0.15, 0.2) is 0 Å². The molecule has 3 aromatic rings. The maximum Gasteiger partial charge on any atom is 0.255 e. The van der Waals surface area contributed by atoms with Gasteiger partial charge in [0, 0.05) is 29.9 Å². The molecule has 152 valence electrons. The second kappa shape index (κ2) is 8.29. The number of carbonyl (C=O) groups is 2. The van der Waals surface area contributed by atoms with Crippen molar-refractivity contribution < 1.29 is 14.3 Å². The van der Waals surface area contributed by atoms with Gasteiger partial charge in [0.1, 0.15) is 5.75 Å². The molecular weight excluding hydrogens is 378 g/mol. The Morgan fingerprint density at radius 2 is 1.67 bits per heavy atom. The van der Waals surface area contributed by atoms with Crippen LogP contribution in [0.4, 0.5) is 11.4 Å². The van der Waals surface area contributed by atoms with Gasteiger partial charge in [0.05, 0.1) is 12.8 Å². The Labute approximate surface area is 175 Å². The molecular formula is C24H23N3O3. The topological polar surface area (TPSA) is 84.7 Å². The number of ether oxygens (including phenoxy) is 1. The van der Waals surface area contributed by atoms with Gasteiger partial charge in [-0.1, -0.05) is 24.3 Å². The molecule has 30 heavy (non-hydrogen) atoms. The van der Waals surface area contributed by atoms with Crippen molar-refractivity contribution in [2.24, 2.45) is 5.73 Å². The summed E-state index contributed by atoms with van der Waals surface area (Å²) in [5, 5.41) is 2.80. The van der Waals surface area contributed by atoms with Crippen LogP contribution in [0, 0.1) is 0 Å². The number of nitrogens with one attached hydrogen (secondary N) is 1. The van der Waals surface area contributed by atoms with E-state index in [1.54, 1.807) is 24.3 Å². The lowest BCUT2D eigenvalue weighted by molar-refractivity contribution is 0.0996. The van der Waals surface area contributed by atoms with Crippen LogP contribution in [0.1, 0.15) is 31.8 Å². The second-order valence-corrected chi connectivity index (χ2v) is 7.22. The molecule has 6 nitrogen and oxygen atoms in total. The first-order valence-corrected chi connectivity index (χ1v) is 9.76. The number of rotatable bonds is 5. The highest BCUT2D eigenvalue weighted by atomic mass is 16.5. The maximum atomic E-state index is 12.7. The quantitative estimate of drug-likeness (QED) is 0.684. The number of carbonyl (C=O) groups excluding carboxylic acids is 2. The van der Waals surface area contributed by atoms with E-state index < -0.39 is 5.91 Å². The van der Waals surface area contributed by atoms with E-state index in [4.69, 9.17) is 10.5 Å². The molecule has 1 aliphatic heterocycles. The lowest BCUT2D eigenvalue weighted by atomic mass is 9.99. The molecule has 0 saturated carbocycles. The summed E-state index contributed by atoms with van der Waals surface area (Å²) in [5.74, 6) is -0.400. The summed E-state index contributed by atoms with van der Waals surface area (Å²) in [6, 6.07) is 20.7. The van der Waals surface area contributed by atoms with Crippen LogP contribution >= 0.6 is 0 Å². The van der Waals surface area contributed by atoms with Gasteiger partial charge in [0.25, 0.3) is 5.91 Å². The molecule has 0 unspecified atom stereocenters. The third-order valence-electron chi connectivity index (χ3n) is 5.36. The van der Waals surface area contributed by atoms with Crippen molar-refractivity contribution in [2.75, 3.05) is 23.9 Å². The highest BCUT2D eigenvalue weighted by Gasteiger charge is 2.17. The predicted molar refractivity (Wildman–Crippen MR) is 117 cm³/mol. The molecule has 0 fully saturated rings. The van der Waals surface area contributed by atoms with Crippen molar-refractivity contribution in [1.82, 2.24) is 0 Å². The number of hydrogen-bond donors (Lipinski definition) is 2. The molecule has 0 bridgehead atoms. The van der Waals surface area contributed by atoms with Gasteiger partial charge in [-0.2, -0.15) is 0 Å². The summed E-state index contributed by atoms with van der Waals surface area (Å²) in [7, 11) is 1.50. The Morgan fingerprint density at radius 1 is 0.967 bits per heavy atom. The average molecular weight is 401 g/mol. The SMILES string of the molecule is COc1ccc(C(N)=O)cc1NC(=O)c1ccc(N2CCc3ccccc3C2)cc1. The molecule has 4 rings (SSSR count). The first-order chi connectivity index (χ1) is 14.5. The van der Waals surface area contributed by atoms with Gasteiger partial charge in [-0.25, -0.2) is 0 Å². The van der Waals surface area contributed by atoms with E-state index in [0.717, 1.165) is 25.2 Å². The number of benzene rings is 3. The van der Waals surface area contributed by atoms with Crippen molar-refractivity contribution >= 4 is 23.2 Å². The molecule has 0 aromatic heterocycles. The number of nitrogens with two attached hydrogens (primary N) is 1. The van der Waals surface area contributed by atoms with Crippen LogP contribution in [-0.2, 0) is 13.0 Å². The highest BCUT2D eigenvalue weighted by Crippen LogP contribution is 2.27. The maximum absolute atomic E-state index is 12.7. The molecule has 3 N–H and O–H groups in total. The smallest absolute Gasteiger partial charge is 0.255 e. The van der Waals surface area contributed by atoms with Crippen molar-refractivity contribution in [2.45, 2.75) is 13.0 Å². The van der Waals surface area contributed by atoms with Crippen LogP contribution in [-0.4, -0.2) is 25.5 Å². The molecule has 0 radical (unpaired) electrons. The fourth-order valence-electron chi connectivity index (χ4n) is 3.69. The molecule has 6 heteroatoms. The van der Waals surface area contributed by atoms with Crippen LogP contribution in [0.15, 0.2) is 66.7 Å². The van der Waals surface area contributed by atoms with Gasteiger partial charge in [-0.3, -0.25) is 9.59 Å². The Balaban J connectivity index is 1.49. The van der Waals surface area contributed by atoms with E-state index in [1.165, 1.54) is 24.3 Å². The van der Waals surface area contributed by atoms with Crippen molar-refractivity contribution in [3.05, 3.63) is 89.0 Å². The molecule has 3 aromatic carbocycles. The number of primary amides is 1. The number of nitrogens with zero attached hydrogens (tertiary/aromatic N) is 1. The Hall–Kier alpha value is -3.80. The highest BCUT2D eigenvalue weighted by molar-refractivity contribution is 6.06. The Morgan fingerprint density at radius 3 is 2.37 bits per heavy atom. The number of methoxy groups -OCH3 is 1. The minimum atomic E-state index is -0.569. The minimum absolute atomic E-state index is 0.287.